The lowest BCUT2D eigenvalue weighted by atomic mass is 9.82. The number of fused-ring (bicyclic) bond motifs is 1. The van der Waals surface area contributed by atoms with E-state index in [9.17, 15) is 0 Å². The SMILES string of the molecule is CCCCc1cc2c(cc1C(C)=Cc1ccno1)C(C)(C)CC2(C)C. The summed E-state index contributed by atoms with van der Waals surface area (Å²) in [5.41, 5.74) is 7.63. The molecule has 0 saturated carbocycles. The molecule has 25 heavy (non-hydrogen) atoms. The van der Waals surface area contributed by atoms with Crippen molar-refractivity contribution in [2.45, 2.75) is 78.1 Å². The summed E-state index contributed by atoms with van der Waals surface area (Å²) in [5.74, 6) is 0.819. The van der Waals surface area contributed by atoms with E-state index in [1.165, 1.54) is 41.5 Å². The number of aryl methyl sites for hydroxylation is 1. The third-order valence-electron chi connectivity index (χ3n) is 5.63. The molecule has 0 aliphatic heterocycles. The van der Waals surface area contributed by atoms with Crippen molar-refractivity contribution in [1.29, 1.82) is 0 Å². The highest BCUT2D eigenvalue weighted by Gasteiger charge is 2.42. The molecule has 1 aromatic carbocycles. The van der Waals surface area contributed by atoms with Crippen molar-refractivity contribution < 1.29 is 4.52 Å². The van der Waals surface area contributed by atoms with Gasteiger partial charge in [0.1, 0.15) is 0 Å². The number of hydrogen-bond donors (Lipinski definition) is 0. The van der Waals surface area contributed by atoms with E-state index in [1.54, 1.807) is 11.8 Å². The Bertz CT molecular complexity index is 779. The molecule has 2 nitrogen and oxygen atoms in total. The van der Waals surface area contributed by atoms with Crippen LogP contribution in [-0.2, 0) is 17.3 Å². The Kier molecular flexibility index (Phi) is 4.66. The normalized spacial score (nSPS) is 18.4. The molecule has 0 bridgehead atoms. The Labute approximate surface area is 152 Å². The molecule has 1 aliphatic carbocycles. The van der Waals surface area contributed by atoms with E-state index in [2.05, 4.69) is 64.9 Å². The van der Waals surface area contributed by atoms with Crippen LogP contribution in [0.4, 0.5) is 0 Å². The lowest BCUT2D eigenvalue weighted by molar-refractivity contribution is 0.403. The van der Waals surface area contributed by atoms with Crippen molar-refractivity contribution >= 4 is 11.6 Å². The second kappa shape index (κ2) is 6.48. The van der Waals surface area contributed by atoms with Gasteiger partial charge in [0, 0.05) is 6.07 Å². The Balaban J connectivity index is 2.14. The van der Waals surface area contributed by atoms with Crippen molar-refractivity contribution in [3.8, 4) is 0 Å². The Morgan fingerprint density at radius 1 is 1.16 bits per heavy atom. The van der Waals surface area contributed by atoms with Crippen molar-refractivity contribution in [3.63, 3.8) is 0 Å². The lowest BCUT2D eigenvalue weighted by Gasteiger charge is -2.22. The van der Waals surface area contributed by atoms with Crippen molar-refractivity contribution in [1.82, 2.24) is 5.16 Å². The van der Waals surface area contributed by atoms with Gasteiger partial charge in [-0.2, -0.15) is 0 Å². The first-order valence-electron chi connectivity index (χ1n) is 9.52. The van der Waals surface area contributed by atoms with Crippen LogP contribution in [0.15, 0.2) is 28.9 Å². The van der Waals surface area contributed by atoms with Crippen LogP contribution < -0.4 is 0 Å². The zero-order valence-electron chi connectivity index (χ0n) is 16.6. The monoisotopic (exact) mass is 337 g/mol. The number of nitrogens with zero attached hydrogens (tertiary/aromatic N) is 1. The van der Waals surface area contributed by atoms with Gasteiger partial charge in [0.15, 0.2) is 5.76 Å². The highest BCUT2D eigenvalue weighted by Crippen LogP contribution is 2.50. The van der Waals surface area contributed by atoms with Crippen molar-refractivity contribution in [3.05, 3.63) is 52.4 Å². The van der Waals surface area contributed by atoms with Crippen LogP contribution in [0.3, 0.4) is 0 Å². The van der Waals surface area contributed by atoms with Crippen LogP contribution in [0.1, 0.15) is 88.8 Å². The molecule has 0 amide bonds. The van der Waals surface area contributed by atoms with E-state index >= 15 is 0 Å². The molecule has 3 rings (SSSR count). The lowest BCUT2D eigenvalue weighted by Crippen LogP contribution is -2.18. The molecule has 0 atom stereocenters. The van der Waals surface area contributed by atoms with Crippen LogP contribution in [0, 0.1) is 0 Å². The first-order chi connectivity index (χ1) is 11.7. The molecule has 0 radical (unpaired) electrons. The molecular formula is C23H31NO. The van der Waals surface area contributed by atoms with E-state index in [4.69, 9.17) is 4.52 Å². The van der Waals surface area contributed by atoms with E-state index in [1.807, 2.05) is 6.07 Å². The third kappa shape index (κ3) is 3.44. The predicted molar refractivity (Wildman–Crippen MR) is 106 cm³/mol. The summed E-state index contributed by atoms with van der Waals surface area (Å²) in [4.78, 5) is 0. The Morgan fingerprint density at radius 3 is 2.44 bits per heavy atom. The Hall–Kier alpha value is -1.83. The minimum absolute atomic E-state index is 0.226. The van der Waals surface area contributed by atoms with Crippen LogP contribution in [0.2, 0.25) is 0 Å². The second-order valence-electron chi connectivity index (χ2n) is 8.85. The van der Waals surface area contributed by atoms with Crippen molar-refractivity contribution in [2.24, 2.45) is 0 Å². The number of benzene rings is 1. The molecule has 2 heteroatoms. The molecule has 1 aliphatic rings. The number of unbranched alkanes of at least 4 members (excludes halogenated alkanes) is 1. The number of rotatable bonds is 5. The van der Waals surface area contributed by atoms with Crippen LogP contribution in [0.25, 0.3) is 11.6 Å². The van der Waals surface area contributed by atoms with Gasteiger partial charge >= 0.3 is 0 Å². The molecule has 0 spiro atoms. The standard InChI is InChI=1S/C23H31NO/c1-7-8-9-17-13-20-21(23(5,6)15-22(20,3)4)14-19(17)16(2)12-18-10-11-24-25-18/h10-14H,7-9,15H2,1-6H3. The van der Waals surface area contributed by atoms with E-state index < -0.39 is 0 Å². The molecule has 1 aromatic heterocycles. The fourth-order valence-electron chi connectivity index (χ4n) is 4.59. The van der Waals surface area contributed by atoms with Gasteiger partial charge in [0.05, 0.1) is 6.20 Å². The summed E-state index contributed by atoms with van der Waals surface area (Å²) in [6.45, 7) is 14.0. The minimum atomic E-state index is 0.226. The topological polar surface area (TPSA) is 26.0 Å². The molecule has 0 fully saturated rings. The average Bonchev–Trinajstić information content (AvgIpc) is 3.09. The first kappa shape index (κ1) is 18.0. The zero-order valence-corrected chi connectivity index (χ0v) is 16.6. The average molecular weight is 338 g/mol. The maximum atomic E-state index is 5.29. The zero-order chi connectivity index (χ0) is 18.2. The molecule has 0 saturated heterocycles. The number of aromatic nitrogens is 1. The molecular weight excluding hydrogens is 306 g/mol. The van der Waals surface area contributed by atoms with E-state index in [0.717, 1.165) is 12.2 Å². The van der Waals surface area contributed by atoms with Crippen LogP contribution in [-0.4, -0.2) is 5.16 Å². The maximum absolute atomic E-state index is 5.29. The van der Waals surface area contributed by atoms with Crippen LogP contribution >= 0.6 is 0 Å². The van der Waals surface area contributed by atoms with Crippen LogP contribution in [0.5, 0.6) is 0 Å². The van der Waals surface area contributed by atoms with Gasteiger partial charge in [-0.1, -0.05) is 58.3 Å². The fourth-order valence-corrected chi connectivity index (χ4v) is 4.59. The van der Waals surface area contributed by atoms with Crippen molar-refractivity contribution in [2.75, 3.05) is 0 Å². The molecule has 2 aromatic rings. The second-order valence-corrected chi connectivity index (χ2v) is 8.85. The third-order valence-corrected chi connectivity index (χ3v) is 5.63. The van der Waals surface area contributed by atoms with E-state index in [-0.39, 0.29) is 10.8 Å². The van der Waals surface area contributed by atoms with Gasteiger partial charge in [-0.3, -0.25) is 0 Å². The predicted octanol–water partition coefficient (Wildman–Crippen LogP) is 6.54. The highest BCUT2D eigenvalue weighted by molar-refractivity contribution is 5.81. The van der Waals surface area contributed by atoms with Gasteiger partial charge in [-0.15, -0.1) is 0 Å². The number of allylic oxidation sites excluding steroid dienone is 1. The summed E-state index contributed by atoms with van der Waals surface area (Å²) in [7, 11) is 0. The molecule has 0 unspecified atom stereocenters. The summed E-state index contributed by atoms with van der Waals surface area (Å²) < 4.78 is 5.29. The summed E-state index contributed by atoms with van der Waals surface area (Å²) in [6, 6.07) is 6.86. The first-order valence-corrected chi connectivity index (χ1v) is 9.52. The molecule has 1 heterocycles. The van der Waals surface area contributed by atoms with E-state index in [0.29, 0.717) is 0 Å². The smallest absolute Gasteiger partial charge is 0.159 e. The Morgan fingerprint density at radius 2 is 1.84 bits per heavy atom. The fraction of sp³-hybridized carbons (Fsp3) is 0.522. The minimum Gasteiger partial charge on any atom is -0.357 e. The number of hydrogen-bond acceptors (Lipinski definition) is 2. The molecule has 134 valence electrons. The quantitative estimate of drug-likeness (QED) is 0.619. The van der Waals surface area contributed by atoms with Gasteiger partial charge in [-0.05, 0) is 70.9 Å². The summed E-state index contributed by atoms with van der Waals surface area (Å²) >= 11 is 0. The highest BCUT2D eigenvalue weighted by atomic mass is 16.5. The largest absolute Gasteiger partial charge is 0.357 e. The van der Waals surface area contributed by atoms with Gasteiger partial charge < -0.3 is 4.52 Å². The van der Waals surface area contributed by atoms with Gasteiger partial charge in [0.2, 0.25) is 0 Å². The summed E-state index contributed by atoms with van der Waals surface area (Å²) in [5, 5.41) is 3.82. The maximum Gasteiger partial charge on any atom is 0.159 e. The van der Waals surface area contributed by atoms with Gasteiger partial charge in [-0.25, -0.2) is 0 Å². The summed E-state index contributed by atoms with van der Waals surface area (Å²) in [6.07, 6.45) is 8.60. The van der Waals surface area contributed by atoms with Gasteiger partial charge in [0.25, 0.3) is 0 Å². The molecule has 0 N–H and O–H groups in total.